The zero-order valence-electron chi connectivity index (χ0n) is 12.1. The molecule has 2 N–H and O–H groups in total. The molecule has 0 spiro atoms. The number of halogens is 1. The summed E-state index contributed by atoms with van der Waals surface area (Å²) in [6, 6.07) is 1.69. The highest BCUT2D eigenvalue weighted by Crippen LogP contribution is 2.26. The Morgan fingerprint density at radius 2 is 2.29 bits per heavy atom. The van der Waals surface area contributed by atoms with Crippen LogP contribution in [-0.4, -0.2) is 34.2 Å². The van der Waals surface area contributed by atoms with Crippen LogP contribution >= 0.6 is 11.6 Å². The summed E-state index contributed by atoms with van der Waals surface area (Å²) in [5.41, 5.74) is 8.45. The van der Waals surface area contributed by atoms with Crippen LogP contribution in [0.3, 0.4) is 0 Å². The van der Waals surface area contributed by atoms with E-state index in [1.54, 1.807) is 16.8 Å². The number of methoxy groups -OCH3 is 1. The molecule has 0 aromatic carbocycles. The minimum Gasteiger partial charge on any atom is -0.464 e. The van der Waals surface area contributed by atoms with Gasteiger partial charge < -0.3 is 15.0 Å². The van der Waals surface area contributed by atoms with Gasteiger partial charge in [0.05, 0.1) is 12.8 Å². The topological polar surface area (TPSA) is 83.0 Å². The first-order chi connectivity index (χ1) is 9.97. The summed E-state index contributed by atoms with van der Waals surface area (Å²) in [7, 11) is 1.35. The standard InChI is InChI=1S/C14H17ClN4O2/c1-8-6-17-14(15)18-12(8)10-4-11(13(20)21-3)19(7-10)9(2)5-16/h4,6-7,9H,5,16H2,1-3H3. The van der Waals surface area contributed by atoms with Crippen molar-refractivity contribution in [2.45, 2.75) is 19.9 Å². The van der Waals surface area contributed by atoms with Gasteiger partial charge in [0, 0.05) is 30.5 Å². The Hall–Kier alpha value is -1.92. The fourth-order valence-corrected chi connectivity index (χ4v) is 2.20. The number of carbonyl (C=O) groups excluding carboxylic acids is 1. The number of nitrogens with two attached hydrogens (primary N) is 1. The van der Waals surface area contributed by atoms with E-state index >= 15 is 0 Å². The Morgan fingerprint density at radius 1 is 1.57 bits per heavy atom. The molecule has 0 aliphatic rings. The molecule has 1 atom stereocenters. The van der Waals surface area contributed by atoms with E-state index in [4.69, 9.17) is 22.1 Å². The number of hydrogen-bond acceptors (Lipinski definition) is 5. The summed E-state index contributed by atoms with van der Waals surface area (Å²) in [6.45, 7) is 4.21. The lowest BCUT2D eigenvalue weighted by Gasteiger charge is -2.13. The normalized spacial score (nSPS) is 12.2. The predicted octanol–water partition coefficient (Wildman–Crippen LogP) is 2.21. The molecule has 21 heavy (non-hydrogen) atoms. The van der Waals surface area contributed by atoms with Crippen molar-refractivity contribution in [3.63, 3.8) is 0 Å². The third kappa shape index (κ3) is 3.06. The lowest BCUT2D eigenvalue weighted by molar-refractivity contribution is 0.0586. The first-order valence-corrected chi connectivity index (χ1v) is 6.85. The number of hydrogen-bond donors (Lipinski definition) is 1. The van der Waals surface area contributed by atoms with Crippen LogP contribution in [0.1, 0.15) is 29.0 Å². The lowest BCUT2D eigenvalue weighted by Crippen LogP contribution is -2.19. The molecule has 0 saturated heterocycles. The summed E-state index contributed by atoms with van der Waals surface area (Å²) in [5, 5.41) is 0.162. The maximum atomic E-state index is 11.9. The molecule has 2 heterocycles. The van der Waals surface area contributed by atoms with E-state index in [1.807, 2.05) is 20.0 Å². The third-order valence-corrected chi connectivity index (χ3v) is 3.46. The van der Waals surface area contributed by atoms with Crippen LogP contribution in [-0.2, 0) is 4.74 Å². The Kier molecular flexibility index (Phi) is 4.59. The van der Waals surface area contributed by atoms with Gasteiger partial charge in [0.15, 0.2) is 0 Å². The van der Waals surface area contributed by atoms with Gasteiger partial charge in [-0.2, -0.15) is 0 Å². The zero-order valence-corrected chi connectivity index (χ0v) is 12.9. The Labute approximate surface area is 127 Å². The first kappa shape index (κ1) is 15.5. The molecular weight excluding hydrogens is 292 g/mol. The molecule has 0 radical (unpaired) electrons. The number of esters is 1. The van der Waals surface area contributed by atoms with Crippen LogP contribution in [0.2, 0.25) is 5.28 Å². The van der Waals surface area contributed by atoms with E-state index in [-0.39, 0.29) is 11.3 Å². The Morgan fingerprint density at radius 3 is 2.90 bits per heavy atom. The van der Waals surface area contributed by atoms with E-state index in [0.717, 1.165) is 11.1 Å². The Bertz CT molecular complexity index is 669. The third-order valence-electron chi connectivity index (χ3n) is 3.27. The van der Waals surface area contributed by atoms with Gasteiger partial charge in [-0.1, -0.05) is 0 Å². The summed E-state index contributed by atoms with van der Waals surface area (Å²) in [5.74, 6) is -0.417. The van der Waals surface area contributed by atoms with Crippen molar-refractivity contribution < 1.29 is 9.53 Å². The molecule has 2 aromatic rings. The van der Waals surface area contributed by atoms with Crippen molar-refractivity contribution in [3.05, 3.63) is 35.0 Å². The van der Waals surface area contributed by atoms with Crippen molar-refractivity contribution in [1.29, 1.82) is 0 Å². The molecule has 0 aliphatic carbocycles. The van der Waals surface area contributed by atoms with Gasteiger partial charge in [0.25, 0.3) is 0 Å². The second kappa shape index (κ2) is 6.24. The van der Waals surface area contributed by atoms with Gasteiger partial charge in [-0.25, -0.2) is 14.8 Å². The van der Waals surface area contributed by atoms with Crippen molar-refractivity contribution in [3.8, 4) is 11.3 Å². The zero-order chi connectivity index (χ0) is 15.6. The molecule has 0 saturated carbocycles. The molecule has 0 fully saturated rings. The van der Waals surface area contributed by atoms with Crippen LogP contribution in [0.15, 0.2) is 18.5 Å². The van der Waals surface area contributed by atoms with E-state index < -0.39 is 5.97 Å². The van der Waals surface area contributed by atoms with Crippen LogP contribution < -0.4 is 5.73 Å². The highest BCUT2D eigenvalue weighted by molar-refractivity contribution is 6.28. The molecular formula is C14H17ClN4O2. The van der Waals surface area contributed by atoms with E-state index in [9.17, 15) is 4.79 Å². The van der Waals surface area contributed by atoms with Gasteiger partial charge in [0.2, 0.25) is 5.28 Å². The fourth-order valence-electron chi connectivity index (χ4n) is 2.07. The minimum absolute atomic E-state index is 0.0366. The molecule has 7 heteroatoms. The largest absolute Gasteiger partial charge is 0.464 e. The molecule has 0 aliphatic heterocycles. The van der Waals surface area contributed by atoms with Crippen molar-refractivity contribution >= 4 is 17.6 Å². The maximum absolute atomic E-state index is 11.9. The highest BCUT2D eigenvalue weighted by Gasteiger charge is 2.19. The molecule has 112 valence electrons. The van der Waals surface area contributed by atoms with E-state index in [0.29, 0.717) is 17.9 Å². The van der Waals surface area contributed by atoms with Crippen LogP contribution in [0.25, 0.3) is 11.3 Å². The van der Waals surface area contributed by atoms with Gasteiger partial charge in [-0.3, -0.25) is 0 Å². The maximum Gasteiger partial charge on any atom is 0.354 e. The smallest absolute Gasteiger partial charge is 0.354 e. The molecule has 0 bridgehead atoms. The predicted molar refractivity (Wildman–Crippen MR) is 80.3 cm³/mol. The summed E-state index contributed by atoms with van der Waals surface area (Å²) in [6.07, 6.45) is 3.47. The van der Waals surface area contributed by atoms with Crippen LogP contribution in [0.5, 0.6) is 0 Å². The van der Waals surface area contributed by atoms with Gasteiger partial charge >= 0.3 is 5.97 Å². The number of aryl methyl sites for hydroxylation is 1. The first-order valence-electron chi connectivity index (χ1n) is 6.47. The average Bonchev–Trinajstić information content (AvgIpc) is 2.93. The quantitative estimate of drug-likeness (QED) is 0.691. The summed E-state index contributed by atoms with van der Waals surface area (Å²) < 4.78 is 6.60. The molecule has 2 aromatic heterocycles. The van der Waals surface area contributed by atoms with Gasteiger partial charge in [-0.15, -0.1) is 0 Å². The Balaban J connectivity index is 2.58. The molecule has 2 rings (SSSR count). The number of nitrogens with zero attached hydrogens (tertiary/aromatic N) is 3. The summed E-state index contributed by atoms with van der Waals surface area (Å²) >= 11 is 5.85. The van der Waals surface area contributed by atoms with E-state index in [1.165, 1.54) is 7.11 Å². The molecule has 0 amide bonds. The number of rotatable bonds is 4. The second-order valence-electron chi connectivity index (χ2n) is 4.77. The van der Waals surface area contributed by atoms with Crippen molar-refractivity contribution in [2.75, 3.05) is 13.7 Å². The van der Waals surface area contributed by atoms with E-state index in [2.05, 4.69) is 9.97 Å². The van der Waals surface area contributed by atoms with Gasteiger partial charge in [-0.05, 0) is 37.1 Å². The lowest BCUT2D eigenvalue weighted by atomic mass is 10.1. The van der Waals surface area contributed by atoms with Crippen molar-refractivity contribution in [1.82, 2.24) is 14.5 Å². The summed E-state index contributed by atoms with van der Waals surface area (Å²) in [4.78, 5) is 20.1. The number of aromatic nitrogens is 3. The SMILES string of the molecule is COC(=O)c1cc(-c2nc(Cl)ncc2C)cn1C(C)CN. The number of carbonyl (C=O) groups is 1. The highest BCUT2D eigenvalue weighted by atomic mass is 35.5. The molecule has 1 unspecified atom stereocenters. The molecule has 6 nitrogen and oxygen atoms in total. The van der Waals surface area contributed by atoms with Crippen molar-refractivity contribution in [2.24, 2.45) is 5.73 Å². The second-order valence-corrected chi connectivity index (χ2v) is 5.11. The van der Waals surface area contributed by atoms with Crippen LogP contribution in [0, 0.1) is 6.92 Å². The monoisotopic (exact) mass is 308 g/mol. The van der Waals surface area contributed by atoms with Crippen LogP contribution in [0.4, 0.5) is 0 Å². The minimum atomic E-state index is -0.417. The average molecular weight is 309 g/mol. The number of ether oxygens (including phenoxy) is 1. The van der Waals surface area contributed by atoms with Gasteiger partial charge in [0.1, 0.15) is 5.69 Å². The fraction of sp³-hybridized carbons (Fsp3) is 0.357.